The van der Waals surface area contributed by atoms with Crippen LogP contribution >= 0.6 is 0 Å². The van der Waals surface area contributed by atoms with Gasteiger partial charge in [-0.15, -0.1) is 0 Å². The molecule has 1 unspecified atom stereocenters. The minimum Gasteiger partial charge on any atom is -0.493 e. The molecule has 3 aromatic rings. The van der Waals surface area contributed by atoms with Gasteiger partial charge in [-0.1, -0.05) is 74.7 Å². The van der Waals surface area contributed by atoms with Crippen LogP contribution in [0.2, 0.25) is 0 Å². The van der Waals surface area contributed by atoms with Gasteiger partial charge in [0.2, 0.25) is 0 Å². The molecule has 0 heterocycles. The lowest BCUT2D eigenvalue weighted by Gasteiger charge is -2.29. The molecule has 3 aromatic carbocycles. The molecule has 0 saturated heterocycles. The number of aliphatic hydroxyl groups excluding tert-OH is 1. The van der Waals surface area contributed by atoms with Crippen molar-refractivity contribution in [1.29, 1.82) is 0 Å². The standard InChI is InChI=1S/C31H37NO3.CH2O2/c1-4-5-6-9-21-35-28-14-8-7-13-27(28)31(34)32(26-19-20-26)30(33)25-17-15-24(16-18-25)29-22(2)11-10-12-23(29)3;2-1-3/h7-8,10-18,26,31,34H,4-6,9,19-21H2,1-3H3;1H,(H,2,3). The summed E-state index contributed by atoms with van der Waals surface area (Å²) >= 11 is 0. The fourth-order valence-electron chi connectivity index (χ4n) is 4.71. The summed E-state index contributed by atoms with van der Waals surface area (Å²) in [7, 11) is 0. The first-order valence-electron chi connectivity index (χ1n) is 13.4. The third kappa shape index (κ3) is 7.45. The maximum Gasteiger partial charge on any atom is 0.290 e. The Morgan fingerprint density at radius 1 is 0.974 bits per heavy atom. The van der Waals surface area contributed by atoms with Crippen molar-refractivity contribution >= 4 is 12.4 Å². The molecule has 1 fully saturated rings. The summed E-state index contributed by atoms with van der Waals surface area (Å²) in [6, 6.07) is 21.6. The summed E-state index contributed by atoms with van der Waals surface area (Å²) in [6.45, 7) is 6.76. The van der Waals surface area contributed by atoms with Gasteiger partial charge in [0.1, 0.15) is 5.75 Å². The molecule has 0 bridgehead atoms. The summed E-state index contributed by atoms with van der Waals surface area (Å²) in [5.41, 5.74) is 5.96. The van der Waals surface area contributed by atoms with E-state index in [2.05, 4.69) is 39.0 Å². The Balaban J connectivity index is 0.00000127. The zero-order valence-corrected chi connectivity index (χ0v) is 22.6. The van der Waals surface area contributed by atoms with E-state index in [1.54, 1.807) is 4.90 Å². The number of amides is 1. The second-order valence-corrected chi connectivity index (χ2v) is 9.71. The molecule has 0 aliphatic heterocycles. The molecule has 38 heavy (non-hydrogen) atoms. The van der Waals surface area contributed by atoms with Gasteiger partial charge < -0.3 is 19.8 Å². The third-order valence-electron chi connectivity index (χ3n) is 6.79. The number of nitrogens with zero attached hydrogens (tertiary/aromatic N) is 1. The Bertz CT molecular complexity index is 1170. The second-order valence-electron chi connectivity index (χ2n) is 9.71. The average molecular weight is 518 g/mol. The Labute approximate surface area is 225 Å². The predicted molar refractivity (Wildman–Crippen MR) is 150 cm³/mol. The van der Waals surface area contributed by atoms with Crippen LogP contribution in [-0.4, -0.2) is 40.1 Å². The number of carboxylic acid groups (broad SMARTS) is 1. The van der Waals surface area contributed by atoms with E-state index in [4.69, 9.17) is 14.6 Å². The van der Waals surface area contributed by atoms with E-state index in [1.807, 2.05) is 48.5 Å². The molecule has 6 heteroatoms. The average Bonchev–Trinajstić information content (AvgIpc) is 3.75. The first kappa shape index (κ1) is 28.9. The fourth-order valence-corrected chi connectivity index (χ4v) is 4.71. The van der Waals surface area contributed by atoms with Crippen molar-refractivity contribution in [2.75, 3.05) is 6.61 Å². The predicted octanol–water partition coefficient (Wildman–Crippen LogP) is 6.93. The molecule has 1 atom stereocenters. The highest BCUT2D eigenvalue weighted by Crippen LogP contribution is 2.38. The van der Waals surface area contributed by atoms with Crippen molar-refractivity contribution in [2.45, 2.75) is 71.6 Å². The summed E-state index contributed by atoms with van der Waals surface area (Å²) in [6.07, 6.45) is 5.26. The van der Waals surface area contributed by atoms with E-state index in [1.165, 1.54) is 29.5 Å². The SMILES string of the molecule is CCCCCCOc1ccccc1C(O)N(C(=O)c1ccc(-c2c(C)cccc2C)cc1)C1CC1.O=CO. The number of aliphatic hydroxyl groups is 1. The molecule has 0 spiro atoms. The Kier molecular flexibility index (Phi) is 10.9. The largest absolute Gasteiger partial charge is 0.493 e. The number of rotatable bonds is 11. The number of para-hydroxylation sites is 1. The number of carbonyl (C=O) groups excluding carboxylic acids is 1. The summed E-state index contributed by atoms with van der Waals surface area (Å²) in [5, 5.41) is 18.3. The van der Waals surface area contributed by atoms with Crippen LogP contribution in [0.3, 0.4) is 0 Å². The molecule has 6 nitrogen and oxygen atoms in total. The van der Waals surface area contributed by atoms with Gasteiger partial charge >= 0.3 is 0 Å². The topological polar surface area (TPSA) is 87.1 Å². The summed E-state index contributed by atoms with van der Waals surface area (Å²) < 4.78 is 6.03. The van der Waals surface area contributed by atoms with E-state index in [9.17, 15) is 9.90 Å². The molecule has 2 N–H and O–H groups in total. The lowest BCUT2D eigenvalue weighted by Crippen LogP contribution is -2.37. The van der Waals surface area contributed by atoms with Crippen LogP contribution in [-0.2, 0) is 4.79 Å². The monoisotopic (exact) mass is 517 g/mol. The van der Waals surface area contributed by atoms with Crippen LogP contribution in [0, 0.1) is 13.8 Å². The van der Waals surface area contributed by atoms with Gasteiger partial charge in [0.15, 0.2) is 6.23 Å². The number of carbonyl (C=O) groups is 2. The second kappa shape index (κ2) is 14.3. The van der Waals surface area contributed by atoms with Crippen molar-refractivity contribution in [3.8, 4) is 16.9 Å². The van der Waals surface area contributed by atoms with Crippen LogP contribution < -0.4 is 4.74 Å². The number of unbranched alkanes of at least 4 members (excludes halogenated alkanes) is 3. The zero-order valence-electron chi connectivity index (χ0n) is 22.6. The van der Waals surface area contributed by atoms with Crippen molar-refractivity contribution < 1.29 is 24.5 Å². The molecule has 1 saturated carbocycles. The van der Waals surface area contributed by atoms with E-state index in [0.29, 0.717) is 23.5 Å². The summed E-state index contributed by atoms with van der Waals surface area (Å²) in [5.74, 6) is 0.506. The first-order valence-corrected chi connectivity index (χ1v) is 13.4. The minimum atomic E-state index is -1.04. The van der Waals surface area contributed by atoms with Crippen molar-refractivity contribution in [3.63, 3.8) is 0 Å². The van der Waals surface area contributed by atoms with E-state index < -0.39 is 6.23 Å². The highest BCUT2D eigenvalue weighted by molar-refractivity contribution is 5.95. The van der Waals surface area contributed by atoms with Crippen LogP contribution in [0.4, 0.5) is 0 Å². The van der Waals surface area contributed by atoms with Crippen LogP contribution in [0.25, 0.3) is 11.1 Å². The normalized spacial score (nSPS) is 13.2. The number of benzene rings is 3. The molecule has 0 radical (unpaired) electrons. The first-order chi connectivity index (χ1) is 18.4. The zero-order chi connectivity index (χ0) is 27.5. The maximum absolute atomic E-state index is 13.6. The lowest BCUT2D eigenvalue weighted by molar-refractivity contribution is -0.122. The van der Waals surface area contributed by atoms with E-state index in [-0.39, 0.29) is 18.4 Å². The van der Waals surface area contributed by atoms with Crippen LogP contribution in [0.1, 0.15) is 78.7 Å². The smallest absolute Gasteiger partial charge is 0.290 e. The number of hydrogen-bond acceptors (Lipinski definition) is 4. The Morgan fingerprint density at radius 3 is 2.21 bits per heavy atom. The van der Waals surface area contributed by atoms with Gasteiger partial charge in [0, 0.05) is 17.2 Å². The Morgan fingerprint density at radius 2 is 1.61 bits per heavy atom. The maximum atomic E-state index is 13.6. The highest BCUT2D eigenvalue weighted by Gasteiger charge is 2.38. The molecule has 1 amide bonds. The van der Waals surface area contributed by atoms with E-state index >= 15 is 0 Å². The minimum absolute atomic E-state index is 0.0494. The van der Waals surface area contributed by atoms with Crippen molar-refractivity contribution in [3.05, 3.63) is 89.0 Å². The quantitative estimate of drug-likeness (QED) is 0.164. The fraction of sp³-hybridized carbons (Fsp3) is 0.375. The lowest BCUT2D eigenvalue weighted by atomic mass is 9.95. The Hall–Kier alpha value is -3.64. The molecular formula is C32H39NO5. The van der Waals surface area contributed by atoms with Crippen molar-refractivity contribution in [1.82, 2.24) is 4.90 Å². The molecule has 4 rings (SSSR count). The molecule has 0 aromatic heterocycles. The highest BCUT2D eigenvalue weighted by atomic mass is 16.5. The number of ether oxygens (including phenoxy) is 1. The van der Waals surface area contributed by atoms with Gasteiger partial charge in [-0.25, -0.2) is 0 Å². The molecular weight excluding hydrogens is 478 g/mol. The number of hydrogen-bond donors (Lipinski definition) is 2. The van der Waals surface area contributed by atoms with Crippen molar-refractivity contribution in [2.24, 2.45) is 0 Å². The van der Waals surface area contributed by atoms with Crippen LogP contribution in [0.5, 0.6) is 5.75 Å². The van der Waals surface area contributed by atoms with Gasteiger partial charge in [-0.2, -0.15) is 0 Å². The third-order valence-corrected chi connectivity index (χ3v) is 6.79. The number of aryl methyl sites for hydroxylation is 2. The molecule has 1 aliphatic rings. The van der Waals surface area contributed by atoms with Gasteiger partial charge in [-0.3, -0.25) is 9.59 Å². The van der Waals surface area contributed by atoms with E-state index in [0.717, 1.165) is 31.2 Å². The van der Waals surface area contributed by atoms with Gasteiger partial charge in [0.25, 0.3) is 12.4 Å². The van der Waals surface area contributed by atoms with Gasteiger partial charge in [-0.05, 0) is 73.6 Å². The molecule has 1 aliphatic carbocycles. The van der Waals surface area contributed by atoms with Gasteiger partial charge in [0.05, 0.1) is 6.61 Å². The molecule has 202 valence electrons. The van der Waals surface area contributed by atoms with Crippen LogP contribution in [0.15, 0.2) is 66.7 Å². The summed E-state index contributed by atoms with van der Waals surface area (Å²) in [4.78, 5) is 23.6.